The molecule has 1 N–H and O–H groups in total. The van der Waals surface area contributed by atoms with Gasteiger partial charge < -0.3 is 9.88 Å². The van der Waals surface area contributed by atoms with Gasteiger partial charge in [0.1, 0.15) is 0 Å². The second-order valence-electron chi connectivity index (χ2n) is 5.73. The van der Waals surface area contributed by atoms with Crippen LogP contribution in [0, 0.1) is 5.92 Å². The molecule has 0 radical (unpaired) electrons. The van der Waals surface area contributed by atoms with Crippen molar-refractivity contribution in [2.45, 2.75) is 32.7 Å². The molecule has 0 bridgehead atoms. The summed E-state index contributed by atoms with van der Waals surface area (Å²) in [5.41, 5.74) is 1.83. The lowest BCUT2D eigenvalue weighted by Gasteiger charge is -2.27. The van der Waals surface area contributed by atoms with E-state index in [0.29, 0.717) is 12.0 Å². The van der Waals surface area contributed by atoms with Crippen molar-refractivity contribution in [1.29, 1.82) is 0 Å². The molecule has 3 rings (SSSR count). The molecule has 0 spiro atoms. The average Bonchev–Trinajstić information content (AvgIpc) is 3.05. The second-order valence-corrected chi connectivity index (χ2v) is 5.73. The predicted octanol–water partition coefficient (Wildman–Crippen LogP) is 3.43. The molecule has 0 saturated carbocycles. The number of H-pyrrole nitrogens is 1. The quantitative estimate of drug-likeness (QED) is 0.878. The van der Waals surface area contributed by atoms with E-state index < -0.39 is 0 Å². The lowest BCUT2D eigenvalue weighted by Crippen LogP contribution is -2.38. The van der Waals surface area contributed by atoms with Gasteiger partial charge in [-0.05, 0) is 42.3 Å². The summed E-state index contributed by atoms with van der Waals surface area (Å²) in [7, 11) is 0. The van der Waals surface area contributed by atoms with Gasteiger partial charge in [0.25, 0.3) is 5.91 Å². The minimum atomic E-state index is 0.174. The summed E-state index contributed by atoms with van der Waals surface area (Å²) in [6.07, 6.45) is 4.17. The number of rotatable bonds is 2. The van der Waals surface area contributed by atoms with Crippen LogP contribution < -0.4 is 0 Å². The number of amides is 1. The van der Waals surface area contributed by atoms with Gasteiger partial charge in [0.2, 0.25) is 0 Å². The molecular weight excluding hydrogens is 236 g/mol. The van der Waals surface area contributed by atoms with E-state index in [-0.39, 0.29) is 5.91 Å². The SMILES string of the molecule is CC(C)C1CCCN1C(=O)c1ccc2cc[nH]c2c1. The summed E-state index contributed by atoms with van der Waals surface area (Å²) < 4.78 is 0. The van der Waals surface area contributed by atoms with Crippen molar-refractivity contribution in [2.75, 3.05) is 6.54 Å². The number of aromatic amines is 1. The van der Waals surface area contributed by atoms with Gasteiger partial charge in [-0.15, -0.1) is 0 Å². The van der Waals surface area contributed by atoms with Gasteiger partial charge in [-0.2, -0.15) is 0 Å². The van der Waals surface area contributed by atoms with Gasteiger partial charge in [0.15, 0.2) is 0 Å². The Labute approximate surface area is 113 Å². The summed E-state index contributed by atoms with van der Waals surface area (Å²) in [6.45, 7) is 5.29. The van der Waals surface area contributed by atoms with Gasteiger partial charge in [0, 0.05) is 29.9 Å². The maximum atomic E-state index is 12.6. The van der Waals surface area contributed by atoms with Crippen molar-refractivity contribution < 1.29 is 4.79 Å². The van der Waals surface area contributed by atoms with Crippen LogP contribution in [0.4, 0.5) is 0 Å². The molecule has 1 aromatic heterocycles. The zero-order chi connectivity index (χ0) is 13.4. The summed E-state index contributed by atoms with van der Waals surface area (Å²) in [4.78, 5) is 17.9. The highest BCUT2D eigenvalue weighted by Crippen LogP contribution is 2.26. The molecule has 3 nitrogen and oxygen atoms in total. The molecule has 1 aliphatic rings. The van der Waals surface area contributed by atoms with E-state index in [2.05, 4.69) is 23.7 Å². The van der Waals surface area contributed by atoms with Gasteiger partial charge in [-0.1, -0.05) is 19.9 Å². The second kappa shape index (κ2) is 4.72. The third-order valence-corrected chi connectivity index (χ3v) is 4.13. The number of hydrogen-bond donors (Lipinski definition) is 1. The van der Waals surface area contributed by atoms with E-state index in [0.717, 1.165) is 35.9 Å². The third kappa shape index (κ3) is 2.14. The van der Waals surface area contributed by atoms with Crippen molar-refractivity contribution in [3.63, 3.8) is 0 Å². The molecule has 3 heteroatoms. The molecule has 0 aliphatic carbocycles. The van der Waals surface area contributed by atoms with E-state index in [4.69, 9.17) is 0 Å². The normalized spacial score (nSPS) is 19.5. The highest BCUT2D eigenvalue weighted by atomic mass is 16.2. The molecule has 1 fully saturated rings. The molecule has 19 heavy (non-hydrogen) atoms. The van der Waals surface area contributed by atoms with Gasteiger partial charge in [-0.25, -0.2) is 0 Å². The van der Waals surface area contributed by atoms with E-state index in [1.165, 1.54) is 0 Å². The number of likely N-dealkylation sites (tertiary alicyclic amines) is 1. The van der Waals surface area contributed by atoms with Crippen LogP contribution in [0.25, 0.3) is 10.9 Å². The first-order valence-electron chi connectivity index (χ1n) is 7.05. The Morgan fingerprint density at radius 2 is 2.21 bits per heavy atom. The lowest BCUT2D eigenvalue weighted by atomic mass is 10.0. The first-order chi connectivity index (χ1) is 9.16. The number of fused-ring (bicyclic) bond motifs is 1. The minimum Gasteiger partial charge on any atom is -0.361 e. The van der Waals surface area contributed by atoms with Crippen LogP contribution in [0.5, 0.6) is 0 Å². The first-order valence-corrected chi connectivity index (χ1v) is 7.05. The van der Waals surface area contributed by atoms with E-state index in [9.17, 15) is 4.79 Å². The fourth-order valence-corrected chi connectivity index (χ4v) is 3.08. The third-order valence-electron chi connectivity index (χ3n) is 4.13. The first kappa shape index (κ1) is 12.3. The molecule has 2 aromatic rings. The van der Waals surface area contributed by atoms with Crippen LogP contribution in [0.1, 0.15) is 37.0 Å². The van der Waals surface area contributed by atoms with E-state index in [1.807, 2.05) is 30.5 Å². The number of benzene rings is 1. The van der Waals surface area contributed by atoms with Crippen molar-refractivity contribution in [3.8, 4) is 0 Å². The van der Waals surface area contributed by atoms with Gasteiger partial charge in [-0.3, -0.25) is 4.79 Å². The van der Waals surface area contributed by atoms with Crippen LogP contribution in [0.2, 0.25) is 0 Å². The van der Waals surface area contributed by atoms with Crippen LogP contribution >= 0.6 is 0 Å². The molecule has 1 saturated heterocycles. The molecule has 1 aliphatic heterocycles. The molecule has 100 valence electrons. The van der Waals surface area contributed by atoms with Crippen LogP contribution in [0.15, 0.2) is 30.5 Å². The fraction of sp³-hybridized carbons (Fsp3) is 0.438. The van der Waals surface area contributed by atoms with Gasteiger partial charge in [0.05, 0.1) is 0 Å². The Kier molecular flexibility index (Phi) is 3.05. The number of carbonyl (C=O) groups is 1. The number of nitrogens with zero attached hydrogens (tertiary/aromatic N) is 1. The van der Waals surface area contributed by atoms with Crippen molar-refractivity contribution in [2.24, 2.45) is 5.92 Å². The molecule has 2 heterocycles. The highest BCUT2D eigenvalue weighted by molar-refractivity contribution is 5.98. The standard InChI is InChI=1S/C16H20N2O/c1-11(2)15-4-3-9-18(15)16(19)13-6-5-12-7-8-17-14(12)10-13/h5-8,10-11,15,17H,3-4,9H2,1-2H3. The Morgan fingerprint density at radius 3 is 3.00 bits per heavy atom. The number of nitrogens with one attached hydrogen (secondary N) is 1. The van der Waals surface area contributed by atoms with Crippen molar-refractivity contribution in [1.82, 2.24) is 9.88 Å². The summed E-state index contributed by atoms with van der Waals surface area (Å²) >= 11 is 0. The van der Waals surface area contributed by atoms with E-state index in [1.54, 1.807) is 0 Å². The molecular formula is C16H20N2O. The molecule has 1 atom stereocenters. The highest BCUT2D eigenvalue weighted by Gasteiger charge is 2.31. The van der Waals surface area contributed by atoms with Gasteiger partial charge >= 0.3 is 0 Å². The Morgan fingerprint density at radius 1 is 1.37 bits per heavy atom. The average molecular weight is 256 g/mol. The maximum absolute atomic E-state index is 12.6. The Hall–Kier alpha value is -1.77. The molecule has 1 unspecified atom stereocenters. The van der Waals surface area contributed by atoms with Crippen molar-refractivity contribution >= 4 is 16.8 Å². The maximum Gasteiger partial charge on any atom is 0.254 e. The van der Waals surface area contributed by atoms with Crippen LogP contribution in [-0.2, 0) is 0 Å². The number of hydrogen-bond acceptors (Lipinski definition) is 1. The summed E-state index contributed by atoms with van der Waals surface area (Å²) in [6, 6.07) is 8.34. The predicted molar refractivity (Wildman–Crippen MR) is 77.2 cm³/mol. The summed E-state index contributed by atoms with van der Waals surface area (Å²) in [5.74, 6) is 0.702. The van der Waals surface area contributed by atoms with E-state index >= 15 is 0 Å². The zero-order valence-electron chi connectivity index (χ0n) is 11.5. The monoisotopic (exact) mass is 256 g/mol. The fourth-order valence-electron chi connectivity index (χ4n) is 3.08. The van der Waals surface area contributed by atoms with Crippen LogP contribution in [0.3, 0.4) is 0 Å². The van der Waals surface area contributed by atoms with Crippen molar-refractivity contribution in [3.05, 3.63) is 36.0 Å². The Balaban J connectivity index is 1.90. The lowest BCUT2D eigenvalue weighted by molar-refractivity contribution is 0.0701. The minimum absolute atomic E-state index is 0.174. The Bertz CT molecular complexity index is 600. The smallest absolute Gasteiger partial charge is 0.254 e. The topological polar surface area (TPSA) is 36.1 Å². The number of carbonyl (C=O) groups excluding carboxylic acids is 1. The largest absolute Gasteiger partial charge is 0.361 e. The molecule has 1 aromatic carbocycles. The molecule has 1 amide bonds. The summed E-state index contributed by atoms with van der Waals surface area (Å²) in [5, 5.41) is 1.15. The number of aromatic nitrogens is 1. The zero-order valence-corrected chi connectivity index (χ0v) is 11.5. The van der Waals surface area contributed by atoms with Crippen LogP contribution in [-0.4, -0.2) is 28.4 Å².